The van der Waals surface area contributed by atoms with Gasteiger partial charge in [-0.2, -0.15) is 0 Å². The molecule has 8 unspecified atom stereocenters. The maximum absolute atomic E-state index is 13.1. The van der Waals surface area contributed by atoms with Crippen molar-refractivity contribution < 1.29 is 81.5 Å². The van der Waals surface area contributed by atoms with Gasteiger partial charge >= 0.3 is 5.97 Å². The second kappa shape index (κ2) is 38.3. The number of hydrogen-bond donors (Lipinski definition) is 8. The predicted octanol–water partition coefficient (Wildman–Crippen LogP) is -0.784. The number of esters is 1. The standard InChI is InChI=1S/C38H58ClN3O11.C7H14N4O4.C5H10N2O2/c1-12-51-22-33(45)42(8)26(4)36(46)52-31(16-17-43)37(5)35(53-37)25(3)30(49-10)21-38(47,40-23-44)32(50-11)15-13-14-24(2)18-27-19-28(41(6)7)34(39)29(20-27)48-9;8-15-4-7(14)11-2-1-10-6(13)3-9-5-12;1-2-7-5(9)3-6-4-8/h13-15,17,19-20,23,25-26,30-32,35,47H,12,16,18,21-22H2,1-11H3,(H,40,44);5H,1-4,8H2,(H,9,12)(H,10,13)(H,11,14);4H,2-3H2,1H3,(H,6,8)(H,7,9)/b15-13+,24-14+;;. The van der Waals surface area contributed by atoms with Crippen molar-refractivity contribution >= 4 is 72.4 Å². The maximum Gasteiger partial charge on any atom is 0.328 e. The van der Waals surface area contributed by atoms with Crippen LogP contribution in [-0.4, -0.2) is 202 Å². The van der Waals surface area contributed by atoms with Gasteiger partial charge in [-0.15, -0.1) is 0 Å². The fourth-order valence-electron chi connectivity index (χ4n) is 7.33. The third kappa shape index (κ3) is 25.6. The van der Waals surface area contributed by atoms with Crippen molar-refractivity contribution in [1.82, 2.24) is 36.8 Å². The summed E-state index contributed by atoms with van der Waals surface area (Å²) in [5, 5.41) is 26.7. The lowest BCUT2D eigenvalue weighted by atomic mass is 9.84. The zero-order valence-electron chi connectivity index (χ0n) is 46.3. The van der Waals surface area contributed by atoms with Crippen LogP contribution in [0.15, 0.2) is 35.9 Å². The Balaban J connectivity index is 0.00000197. The Labute approximate surface area is 456 Å². The molecule has 9 N–H and O–H groups in total. The molecule has 1 aromatic carbocycles. The van der Waals surface area contributed by atoms with Crippen LogP contribution in [0.1, 0.15) is 59.9 Å². The van der Waals surface area contributed by atoms with Crippen LogP contribution in [0.25, 0.3) is 0 Å². The lowest BCUT2D eigenvalue weighted by Crippen LogP contribution is -2.57. The van der Waals surface area contributed by atoms with Crippen LogP contribution < -0.4 is 47.4 Å². The maximum atomic E-state index is 13.1. The van der Waals surface area contributed by atoms with Crippen molar-refractivity contribution in [2.45, 2.75) is 103 Å². The SMILES string of the molecule is CCNC(=O)CNC=O.CCOCC(=O)N(C)C(C)C(=O)OC(CC=O)C1(C)OC1C(C)C(CC(O)(NC=O)C(/C=C/C=C(\C)Cc1cc(OC)c(Cl)c(N(C)C)c1)OC)OC.NOCC(=O)NCCNC(=O)CNC=O. The van der Waals surface area contributed by atoms with E-state index in [0.717, 1.165) is 16.8 Å². The highest BCUT2D eigenvalue weighted by molar-refractivity contribution is 6.34. The van der Waals surface area contributed by atoms with Gasteiger partial charge in [-0.05, 0) is 58.7 Å². The van der Waals surface area contributed by atoms with Gasteiger partial charge in [0.1, 0.15) is 54.1 Å². The number of likely N-dealkylation sites (N-methyl/N-ethyl adjacent to an activating group) is 2. The first-order valence-electron chi connectivity index (χ1n) is 24.5. The largest absolute Gasteiger partial charge is 0.495 e. The number of carbonyl (C=O) groups excluding carboxylic acids is 9. The van der Waals surface area contributed by atoms with E-state index in [4.69, 9.17) is 40.0 Å². The average Bonchev–Trinajstić information content (AvgIpc) is 4.10. The van der Waals surface area contributed by atoms with E-state index in [2.05, 4.69) is 42.6 Å². The lowest BCUT2D eigenvalue weighted by Gasteiger charge is -2.37. The summed E-state index contributed by atoms with van der Waals surface area (Å²) in [4.78, 5) is 108. The number of benzene rings is 1. The van der Waals surface area contributed by atoms with E-state index in [1.54, 1.807) is 33.1 Å². The van der Waals surface area contributed by atoms with Crippen molar-refractivity contribution in [3.05, 3.63) is 46.5 Å². The number of ether oxygens (including phenoxy) is 6. The van der Waals surface area contributed by atoms with Gasteiger partial charge in [0.25, 0.3) is 0 Å². The van der Waals surface area contributed by atoms with Crippen LogP contribution in [-0.2, 0) is 78.1 Å². The zero-order valence-corrected chi connectivity index (χ0v) is 47.0. The normalized spacial score (nSPS) is 17.2. The van der Waals surface area contributed by atoms with Crippen molar-refractivity contribution in [2.24, 2.45) is 11.8 Å². The highest BCUT2D eigenvalue weighted by atomic mass is 35.5. The molecule has 1 aromatic rings. The quantitative estimate of drug-likeness (QED) is 0.00777. The van der Waals surface area contributed by atoms with Gasteiger partial charge in [0.2, 0.25) is 42.9 Å². The number of nitrogens with zero attached hydrogens (tertiary/aromatic N) is 2. The number of methoxy groups -OCH3 is 3. The van der Waals surface area contributed by atoms with Crippen LogP contribution >= 0.6 is 11.6 Å². The van der Waals surface area contributed by atoms with E-state index in [1.807, 2.05) is 58.0 Å². The molecular weight excluding hydrogens is 1030 g/mol. The number of anilines is 1. The fourth-order valence-corrected chi connectivity index (χ4v) is 7.69. The molecule has 0 aliphatic carbocycles. The molecule has 0 radical (unpaired) electrons. The molecular formula is C50H82ClN9O17. The smallest absolute Gasteiger partial charge is 0.328 e. The molecule has 0 bridgehead atoms. The van der Waals surface area contributed by atoms with E-state index in [9.17, 15) is 48.3 Å². The number of epoxide rings is 1. The van der Waals surface area contributed by atoms with E-state index >= 15 is 0 Å². The molecule has 7 amide bonds. The van der Waals surface area contributed by atoms with Gasteiger partial charge in [-0.25, -0.2) is 10.7 Å². The molecule has 1 saturated heterocycles. The topological polar surface area (TPSA) is 346 Å². The van der Waals surface area contributed by atoms with Gasteiger partial charge in [-0.3, -0.25) is 38.4 Å². The molecule has 0 saturated carbocycles. The second-order valence-corrected chi connectivity index (χ2v) is 18.0. The van der Waals surface area contributed by atoms with E-state index in [-0.39, 0.29) is 70.0 Å². The molecule has 77 heavy (non-hydrogen) atoms. The number of amides is 7. The lowest BCUT2D eigenvalue weighted by molar-refractivity contribution is -0.162. The van der Waals surface area contributed by atoms with Gasteiger partial charge in [-0.1, -0.05) is 42.3 Å². The summed E-state index contributed by atoms with van der Waals surface area (Å²) >= 11 is 6.48. The summed E-state index contributed by atoms with van der Waals surface area (Å²) in [6, 6.07) is 2.94. The van der Waals surface area contributed by atoms with Crippen LogP contribution in [0, 0.1) is 5.92 Å². The van der Waals surface area contributed by atoms with Crippen molar-refractivity contribution in [2.75, 3.05) is 99.9 Å². The number of nitrogens with two attached hydrogens (primary N) is 1. The molecule has 436 valence electrons. The summed E-state index contributed by atoms with van der Waals surface area (Å²) in [5.41, 5.74) is -0.153. The Morgan fingerprint density at radius 1 is 0.909 bits per heavy atom. The molecule has 26 nitrogen and oxygen atoms in total. The Hall–Kier alpha value is -6.26. The second-order valence-electron chi connectivity index (χ2n) is 17.6. The molecule has 0 spiro atoms. The monoisotopic (exact) mass is 1120 g/mol. The summed E-state index contributed by atoms with van der Waals surface area (Å²) in [5.74, 6) is 2.87. The molecule has 1 heterocycles. The summed E-state index contributed by atoms with van der Waals surface area (Å²) in [6.07, 6.45) is 4.37. The minimum Gasteiger partial charge on any atom is -0.495 e. The minimum atomic E-state index is -1.90. The van der Waals surface area contributed by atoms with Gasteiger partial charge < -0.3 is 80.0 Å². The molecule has 27 heteroatoms. The zero-order chi connectivity index (χ0) is 58.7. The summed E-state index contributed by atoms with van der Waals surface area (Å²) in [7, 11) is 9.74. The van der Waals surface area contributed by atoms with E-state index in [0.29, 0.717) is 55.9 Å². The average molecular weight is 1120 g/mol. The number of allylic oxidation sites excluding steroid dienone is 3. The van der Waals surface area contributed by atoms with Gasteiger partial charge in [0, 0.05) is 80.4 Å². The highest BCUT2D eigenvalue weighted by Crippen LogP contribution is 2.48. The Morgan fingerprint density at radius 2 is 1.52 bits per heavy atom. The highest BCUT2D eigenvalue weighted by Gasteiger charge is 2.63. The van der Waals surface area contributed by atoms with Crippen molar-refractivity contribution in [3.63, 3.8) is 0 Å². The fraction of sp³-hybridized carbons (Fsp3) is 0.620. The first kappa shape index (κ1) is 70.7. The number of rotatable bonds is 36. The number of aliphatic hydroxyl groups is 1. The van der Waals surface area contributed by atoms with Crippen LogP contribution in [0.5, 0.6) is 5.75 Å². The number of carbonyl (C=O) groups is 9. The van der Waals surface area contributed by atoms with Crippen LogP contribution in [0.2, 0.25) is 5.02 Å². The first-order chi connectivity index (χ1) is 36.5. The van der Waals surface area contributed by atoms with Crippen LogP contribution in [0.4, 0.5) is 5.69 Å². The molecule has 2 rings (SSSR count). The molecule has 1 aliphatic heterocycles. The van der Waals surface area contributed by atoms with Crippen LogP contribution in [0.3, 0.4) is 0 Å². The van der Waals surface area contributed by atoms with E-state index < -0.39 is 59.6 Å². The van der Waals surface area contributed by atoms with Crippen molar-refractivity contribution in [3.8, 4) is 5.75 Å². The minimum absolute atomic E-state index is 0.0668. The third-order valence-electron chi connectivity index (χ3n) is 11.7. The Bertz CT molecular complexity index is 2090. The first-order valence-corrected chi connectivity index (χ1v) is 24.8. The third-order valence-corrected chi connectivity index (χ3v) is 12.1. The predicted molar refractivity (Wildman–Crippen MR) is 284 cm³/mol. The Kier molecular flexibility index (Phi) is 35.2. The molecule has 1 fully saturated rings. The summed E-state index contributed by atoms with van der Waals surface area (Å²) < 4.78 is 33.9. The number of aldehydes is 1. The van der Waals surface area contributed by atoms with Crippen molar-refractivity contribution in [1.29, 1.82) is 0 Å². The number of nitrogens with one attached hydrogen (secondary N) is 6. The number of halogens is 1. The molecule has 8 atom stereocenters. The Morgan fingerprint density at radius 3 is 2.03 bits per heavy atom. The molecule has 0 aromatic heterocycles. The van der Waals surface area contributed by atoms with Gasteiger partial charge in [0.05, 0.1) is 38.1 Å². The molecule has 1 aliphatic rings. The summed E-state index contributed by atoms with van der Waals surface area (Å²) in [6.45, 7) is 11.7. The van der Waals surface area contributed by atoms with Gasteiger partial charge in [0.15, 0.2) is 5.72 Å². The van der Waals surface area contributed by atoms with E-state index in [1.165, 1.54) is 33.1 Å². The number of hydrogen-bond acceptors (Lipinski definition) is 19.